The number of rotatable bonds is 20. The van der Waals surface area contributed by atoms with Crippen LogP contribution in [0.25, 0.3) is 0 Å². The lowest BCUT2D eigenvalue weighted by molar-refractivity contribution is -0.339. The Balaban J connectivity index is 1.54. The van der Waals surface area contributed by atoms with Crippen LogP contribution in [0.15, 0.2) is 11.1 Å². The Morgan fingerprint density at radius 1 is 0.852 bits per heavy atom. The Morgan fingerprint density at radius 3 is 2.04 bits per heavy atom. The van der Waals surface area contributed by atoms with Crippen LogP contribution in [0.1, 0.15) is 127 Å². The van der Waals surface area contributed by atoms with Crippen LogP contribution in [0.4, 0.5) is 0 Å². The van der Waals surface area contributed by atoms with Crippen LogP contribution in [-0.2, 0) is 42.9 Å². The largest absolute Gasteiger partial charge is 0.459 e. The van der Waals surface area contributed by atoms with E-state index in [0.29, 0.717) is 19.3 Å². The number of hydrogen-bond acceptors (Lipinski definition) is 13. The van der Waals surface area contributed by atoms with Crippen molar-refractivity contribution in [2.75, 3.05) is 7.11 Å². The first-order valence-corrected chi connectivity index (χ1v) is 20.0. The first kappa shape index (κ1) is 46.1. The Hall–Kier alpha value is -2.26. The summed E-state index contributed by atoms with van der Waals surface area (Å²) in [5, 5.41) is 43.0. The molecule has 54 heavy (non-hydrogen) atoms. The van der Waals surface area contributed by atoms with Gasteiger partial charge in [0.05, 0.1) is 36.6 Å². The molecular formula is C41H68O13. The molecule has 0 aromatic heterocycles. The van der Waals surface area contributed by atoms with E-state index in [1.54, 1.807) is 27.7 Å². The molecule has 310 valence electrons. The molecule has 4 N–H and O–H groups in total. The van der Waals surface area contributed by atoms with E-state index in [1.165, 1.54) is 14.0 Å². The number of ketones is 1. The molecule has 13 nitrogen and oxygen atoms in total. The maximum absolute atomic E-state index is 13.3. The summed E-state index contributed by atoms with van der Waals surface area (Å²) in [5.74, 6) is -4.04. The molecule has 13 heteroatoms. The lowest BCUT2D eigenvalue weighted by Gasteiger charge is -2.51. The molecule has 0 aliphatic carbocycles. The van der Waals surface area contributed by atoms with Crippen molar-refractivity contribution in [2.45, 2.75) is 181 Å². The molecule has 0 radical (unpaired) electrons. The number of ether oxygens (including phenoxy) is 5. The van der Waals surface area contributed by atoms with E-state index in [1.807, 2.05) is 6.92 Å². The zero-order valence-corrected chi connectivity index (χ0v) is 34.1. The average Bonchev–Trinajstić information content (AvgIpc) is 3.36. The van der Waals surface area contributed by atoms with Gasteiger partial charge in [0.15, 0.2) is 5.79 Å². The number of aliphatic hydroxyl groups excluding tert-OH is 4. The fraction of sp³-hybridized carbons (Fsp3) is 0.854. The van der Waals surface area contributed by atoms with E-state index >= 15 is 0 Å². The molecule has 0 bridgehead atoms. The van der Waals surface area contributed by atoms with Gasteiger partial charge in [-0.3, -0.25) is 9.59 Å². The number of Topliss-reactive ketones (excluding diaryl/α,β-unsaturated/α-hetero) is 1. The van der Waals surface area contributed by atoms with Gasteiger partial charge in [0, 0.05) is 62.2 Å². The molecule has 0 saturated carbocycles. The summed E-state index contributed by atoms with van der Waals surface area (Å²) in [7, 11) is 1.36. The number of cyclic esters (lactones) is 2. The predicted octanol–water partition coefficient (Wildman–Crippen LogP) is 4.58. The third-order valence-electron chi connectivity index (χ3n) is 12.4. The van der Waals surface area contributed by atoms with E-state index in [4.69, 9.17) is 18.9 Å². The van der Waals surface area contributed by atoms with Crippen molar-refractivity contribution in [3.05, 3.63) is 11.1 Å². The highest BCUT2D eigenvalue weighted by atomic mass is 16.7. The second-order valence-corrected chi connectivity index (χ2v) is 16.9. The molecular weight excluding hydrogens is 700 g/mol. The van der Waals surface area contributed by atoms with E-state index in [9.17, 15) is 39.6 Å². The van der Waals surface area contributed by atoms with Gasteiger partial charge in [-0.05, 0) is 69.6 Å². The van der Waals surface area contributed by atoms with Gasteiger partial charge in [-0.2, -0.15) is 0 Å². The van der Waals surface area contributed by atoms with E-state index in [-0.39, 0.29) is 78.0 Å². The van der Waals surface area contributed by atoms with Crippen LogP contribution < -0.4 is 0 Å². The molecule has 14 atom stereocenters. The van der Waals surface area contributed by atoms with Gasteiger partial charge < -0.3 is 44.1 Å². The molecule has 2 saturated heterocycles. The van der Waals surface area contributed by atoms with Gasteiger partial charge in [-0.25, -0.2) is 9.59 Å². The van der Waals surface area contributed by atoms with Crippen molar-refractivity contribution in [3.8, 4) is 0 Å². The summed E-state index contributed by atoms with van der Waals surface area (Å²) in [6, 6.07) is 0. The molecule has 0 amide bonds. The van der Waals surface area contributed by atoms with Gasteiger partial charge in [0.2, 0.25) is 0 Å². The first-order chi connectivity index (χ1) is 25.2. The molecule has 3 rings (SSSR count). The number of carbonyl (C=O) groups excluding carboxylic acids is 4. The van der Waals surface area contributed by atoms with Crippen molar-refractivity contribution in [1.82, 2.24) is 0 Å². The average molecular weight is 769 g/mol. The molecule has 2 fully saturated rings. The molecule has 3 aliphatic rings. The van der Waals surface area contributed by atoms with Crippen molar-refractivity contribution in [1.29, 1.82) is 0 Å². The molecule has 3 heterocycles. The smallest absolute Gasteiger partial charge is 0.342 e. The molecule has 3 aliphatic heterocycles. The standard InChI is InChI=1S/C41H68O13/c1-21(2)36(51-35(47)14-12-29-26(7)39(48)52-40(29)49)38(50-10)33(46)19-31(44)27(8)30(43)13-11-23(4)37-24(5)16-18-41(54-37)17-15-22(3)34(53-41)20-32(45)25(6)28(9)42/h21-25,27-28,30,32-34,36-38,42-43,45-46H,11-20H2,1-10H3/t22-,23-,24+,25-,27+,28?,30+,32?,33-,34+,36-,37+,38+,41-/m1/s1. The SMILES string of the molecule is CO[C@@H]([C@H](O)CC(=O)[C@@H](C)[C@@H](O)CC[C@@H](C)[C@@H]1O[C@]2(CC[C@@H](C)[C@H](CC(O)[C@H](C)C(C)O)O2)CC[C@@H]1C)[C@H](OC(=O)CCC1=C(C)C(=O)OC1=O)C(C)C. The van der Waals surface area contributed by atoms with E-state index in [2.05, 4.69) is 25.5 Å². The van der Waals surface area contributed by atoms with Gasteiger partial charge in [0.25, 0.3) is 0 Å². The zero-order chi connectivity index (χ0) is 40.7. The van der Waals surface area contributed by atoms with Gasteiger partial charge in [-0.15, -0.1) is 0 Å². The number of hydrogen-bond donors (Lipinski definition) is 4. The highest BCUT2D eigenvalue weighted by molar-refractivity contribution is 6.12. The van der Waals surface area contributed by atoms with Crippen LogP contribution in [0.3, 0.4) is 0 Å². The molecule has 0 aromatic rings. The summed E-state index contributed by atoms with van der Waals surface area (Å²) < 4.78 is 29.2. The Kier molecular flexibility index (Phi) is 17.3. The summed E-state index contributed by atoms with van der Waals surface area (Å²) in [6.45, 7) is 16.6. The van der Waals surface area contributed by atoms with Crippen molar-refractivity contribution in [3.63, 3.8) is 0 Å². The van der Waals surface area contributed by atoms with Crippen LogP contribution >= 0.6 is 0 Å². The van der Waals surface area contributed by atoms with Crippen LogP contribution in [0.5, 0.6) is 0 Å². The fourth-order valence-corrected chi connectivity index (χ4v) is 8.01. The minimum absolute atomic E-state index is 0.0388. The lowest BCUT2D eigenvalue weighted by Crippen LogP contribution is -2.54. The molecule has 2 unspecified atom stereocenters. The first-order valence-electron chi connectivity index (χ1n) is 20.0. The normalized spacial score (nSPS) is 30.0. The molecule has 0 aromatic carbocycles. The van der Waals surface area contributed by atoms with E-state index < -0.39 is 66.2 Å². The molecule has 1 spiro atoms. The number of carbonyl (C=O) groups is 4. The third-order valence-corrected chi connectivity index (χ3v) is 12.4. The van der Waals surface area contributed by atoms with Gasteiger partial charge in [0.1, 0.15) is 18.0 Å². The monoisotopic (exact) mass is 768 g/mol. The van der Waals surface area contributed by atoms with Crippen LogP contribution in [-0.4, -0.2) is 106 Å². The summed E-state index contributed by atoms with van der Waals surface area (Å²) in [4.78, 5) is 49.7. The second-order valence-electron chi connectivity index (χ2n) is 16.9. The van der Waals surface area contributed by atoms with Gasteiger partial charge >= 0.3 is 17.9 Å². The Morgan fingerprint density at radius 2 is 1.48 bits per heavy atom. The fourth-order valence-electron chi connectivity index (χ4n) is 8.01. The topological polar surface area (TPSA) is 195 Å². The number of aliphatic hydroxyl groups is 4. The second kappa shape index (κ2) is 20.2. The van der Waals surface area contributed by atoms with Crippen LogP contribution in [0.2, 0.25) is 0 Å². The van der Waals surface area contributed by atoms with Crippen molar-refractivity contribution < 1.29 is 63.3 Å². The summed E-state index contributed by atoms with van der Waals surface area (Å²) in [6.07, 6.45) is -1.69. The predicted molar refractivity (Wildman–Crippen MR) is 198 cm³/mol. The third kappa shape index (κ3) is 11.9. The lowest BCUT2D eigenvalue weighted by atomic mass is 9.79. The quantitative estimate of drug-likeness (QED) is 0.0994. The minimum atomic E-state index is -1.32. The summed E-state index contributed by atoms with van der Waals surface area (Å²) in [5.41, 5.74) is 0.278. The Labute approximate surface area is 321 Å². The number of methoxy groups -OCH3 is 1. The maximum atomic E-state index is 13.3. The maximum Gasteiger partial charge on any atom is 0.342 e. The van der Waals surface area contributed by atoms with Crippen molar-refractivity contribution in [2.24, 2.45) is 35.5 Å². The summed E-state index contributed by atoms with van der Waals surface area (Å²) >= 11 is 0. The zero-order valence-electron chi connectivity index (χ0n) is 34.1. The van der Waals surface area contributed by atoms with Crippen LogP contribution in [0, 0.1) is 35.5 Å². The van der Waals surface area contributed by atoms with E-state index in [0.717, 1.165) is 25.7 Å². The highest BCUT2D eigenvalue weighted by Gasteiger charge is 2.48. The van der Waals surface area contributed by atoms with Gasteiger partial charge in [-0.1, -0.05) is 48.5 Å². The minimum Gasteiger partial charge on any atom is -0.459 e. The Bertz CT molecular complexity index is 1310. The highest BCUT2D eigenvalue weighted by Crippen LogP contribution is 2.46. The van der Waals surface area contributed by atoms with Crippen molar-refractivity contribution >= 4 is 23.7 Å². The number of esters is 3.